The minimum absolute atomic E-state index is 0.0953. The van der Waals surface area contributed by atoms with Gasteiger partial charge in [0.05, 0.1) is 6.20 Å². The van der Waals surface area contributed by atoms with E-state index in [4.69, 9.17) is 5.73 Å². The van der Waals surface area contributed by atoms with Crippen molar-refractivity contribution in [2.75, 3.05) is 0 Å². The fraction of sp³-hybridized carbons (Fsp3) is 0.727. The van der Waals surface area contributed by atoms with Gasteiger partial charge in [0.25, 0.3) is 10.0 Å². The first-order chi connectivity index (χ1) is 8.53. The van der Waals surface area contributed by atoms with Gasteiger partial charge in [0.1, 0.15) is 5.82 Å². The monoisotopic (exact) mass is 272 g/mol. The van der Waals surface area contributed by atoms with Crippen LogP contribution in [-0.2, 0) is 16.4 Å². The fourth-order valence-corrected chi connectivity index (χ4v) is 3.49. The third-order valence-electron chi connectivity index (χ3n) is 3.36. The number of aromatic nitrogens is 2. The highest BCUT2D eigenvalue weighted by Crippen LogP contribution is 2.19. The summed E-state index contributed by atoms with van der Waals surface area (Å²) in [5.74, 6) is 0.670. The van der Waals surface area contributed by atoms with Gasteiger partial charge in [-0.3, -0.25) is 0 Å². The van der Waals surface area contributed by atoms with Crippen molar-refractivity contribution in [1.29, 1.82) is 0 Å². The number of hydrogen-bond acceptors (Lipinski definition) is 4. The number of nitrogens with one attached hydrogen (secondary N) is 2. The molecule has 1 saturated carbocycles. The molecule has 6 nitrogen and oxygen atoms in total. The molecule has 102 valence electrons. The van der Waals surface area contributed by atoms with Crippen LogP contribution in [-0.4, -0.2) is 30.5 Å². The number of nitrogens with zero attached hydrogens (tertiary/aromatic N) is 1. The van der Waals surface area contributed by atoms with Crippen LogP contribution in [0.5, 0.6) is 0 Å². The topological polar surface area (TPSA) is 101 Å². The molecule has 0 unspecified atom stereocenters. The highest BCUT2D eigenvalue weighted by Gasteiger charge is 2.28. The van der Waals surface area contributed by atoms with Crippen LogP contribution in [0.2, 0.25) is 0 Å². The van der Waals surface area contributed by atoms with Crippen LogP contribution >= 0.6 is 0 Å². The van der Waals surface area contributed by atoms with Crippen LogP contribution in [0.4, 0.5) is 0 Å². The molecule has 1 aromatic rings. The molecule has 1 aromatic heterocycles. The molecule has 1 aliphatic rings. The molecule has 0 radical (unpaired) electrons. The number of hydrogen-bond donors (Lipinski definition) is 3. The highest BCUT2D eigenvalue weighted by molar-refractivity contribution is 7.89. The molecule has 2 atom stereocenters. The Morgan fingerprint density at radius 2 is 2.22 bits per heavy atom. The van der Waals surface area contributed by atoms with Crippen molar-refractivity contribution in [3.05, 3.63) is 12.0 Å². The van der Waals surface area contributed by atoms with Gasteiger partial charge in [-0.05, 0) is 12.8 Å². The number of aromatic amines is 1. The molecule has 0 saturated heterocycles. The molecule has 0 spiro atoms. The predicted octanol–water partition coefficient (Wildman–Crippen LogP) is 0.520. The van der Waals surface area contributed by atoms with Gasteiger partial charge in [0, 0.05) is 18.5 Å². The number of H-pyrrole nitrogens is 1. The van der Waals surface area contributed by atoms with E-state index in [1.807, 2.05) is 6.92 Å². The molecule has 1 aliphatic carbocycles. The van der Waals surface area contributed by atoms with Gasteiger partial charge in [-0.15, -0.1) is 0 Å². The molecule has 1 heterocycles. The van der Waals surface area contributed by atoms with Crippen molar-refractivity contribution in [1.82, 2.24) is 14.7 Å². The van der Waals surface area contributed by atoms with Gasteiger partial charge in [-0.2, -0.15) is 0 Å². The summed E-state index contributed by atoms with van der Waals surface area (Å²) in [6, 6.07) is -0.265. The van der Waals surface area contributed by atoms with Crippen molar-refractivity contribution in [3.8, 4) is 0 Å². The molecule has 0 bridgehead atoms. The van der Waals surface area contributed by atoms with E-state index in [1.54, 1.807) is 0 Å². The standard InChI is InChI=1S/C11H20N4O2S/c1-2-10-13-7-11(14-10)18(16,17)15-9-6-4-3-5-8(9)12/h7-9,15H,2-6,12H2,1H3,(H,13,14)/t8-,9-/m1/s1. The normalized spacial score (nSPS) is 25.2. The number of aryl methyl sites for hydroxylation is 1. The summed E-state index contributed by atoms with van der Waals surface area (Å²) in [4.78, 5) is 6.81. The summed E-state index contributed by atoms with van der Waals surface area (Å²) in [5, 5.41) is 0.122. The summed E-state index contributed by atoms with van der Waals surface area (Å²) >= 11 is 0. The molecular formula is C11H20N4O2S. The molecule has 7 heteroatoms. The molecule has 0 aliphatic heterocycles. The van der Waals surface area contributed by atoms with Gasteiger partial charge >= 0.3 is 0 Å². The average molecular weight is 272 g/mol. The predicted molar refractivity (Wildman–Crippen MR) is 68.5 cm³/mol. The Hall–Kier alpha value is -0.920. The van der Waals surface area contributed by atoms with Crippen molar-refractivity contribution >= 4 is 10.0 Å². The zero-order valence-corrected chi connectivity index (χ0v) is 11.3. The van der Waals surface area contributed by atoms with Crippen LogP contribution in [0.3, 0.4) is 0 Å². The maximum Gasteiger partial charge on any atom is 0.257 e. The molecule has 0 aromatic carbocycles. The minimum atomic E-state index is -3.53. The fourth-order valence-electron chi connectivity index (χ4n) is 2.23. The lowest BCUT2D eigenvalue weighted by Crippen LogP contribution is -2.49. The molecule has 1 fully saturated rings. The van der Waals surface area contributed by atoms with Gasteiger partial charge in [-0.25, -0.2) is 18.1 Å². The second-order valence-electron chi connectivity index (χ2n) is 4.72. The third-order valence-corrected chi connectivity index (χ3v) is 4.76. The Bertz CT molecular complexity index is 497. The lowest BCUT2D eigenvalue weighted by Gasteiger charge is -2.28. The Morgan fingerprint density at radius 1 is 1.50 bits per heavy atom. The molecule has 4 N–H and O–H groups in total. The zero-order chi connectivity index (χ0) is 13.2. The first-order valence-electron chi connectivity index (χ1n) is 6.34. The van der Waals surface area contributed by atoms with Crippen LogP contribution in [0.15, 0.2) is 11.2 Å². The van der Waals surface area contributed by atoms with Crippen LogP contribution in [0.1, 0.15) is 38.4 Å². The van der Waals surface area contributed by atoms with Gasteiger partial charge in [-0.1, -0.05) is 19.8 Å². The Morgan fingerprint density at radius 3 is 2.83 bits per heavy atom. The SMILES string of the molecule is CCc1ncc(S(=O)(=O)N[C@@H]2CCCC[C@H]2N)[nH]1. The lowest BCUT2D eigenvalue weighted by molar-refractivity contribution is 0.361. The van der Waals surface area contributed by atoms with E-state index in [0.717, 1.165) is 25.7 Å². The summed E-state index contributed by atoms with van der Waals surface area (Å²) in [6.45, 7) is 1.92. The first-order valence-corrected chi connectivity index (χ1v) is 7.83. The quantitative estimate of drug-likeness (QED) is 0.743. The number of nitrogens with two attached hydrogens (primary N) is 1. The third kappa shape index (κ3) is 2.90. The number of imidazole rings is 1. The number of rotatable bonds is 4. The Labute approximate surface area is 107 Å². The van der Waals surface area contributed by atoms with Gasteiger partial charge < -0.3 is 10.7 Å². The van der Waals surface area contributed by atoms with Crippen molar-refractivity contribution in [2.45, 2.75) is 56.1 Å². The smallest absolute Gasteiger partial charge is 0.257 e. The van der Waals surface area contributed by atoms with Gasteiger partial charge in [0.2, 0.25) is 0 Å². The lowest BCUT2D eigenvalue weighted by atomic mass is 9.92. The van der Waals surface area contributed by atoms with E-state index in [-0.39, 0.29) is 17.1 Å². The van der Waals surface area contributed by atoms with Crippen molar-refractivity contribution < 1.29 is 8.42 Å². The molecule has 2 rings (SSSR count). The summed E-state index contributed by atoms with van der Waals surface area (Å²) < 4.78 is 26.9. The van der Waals surface area contributed by atoms with Crippen LogP contribution in [0, 0.1) is 0 Å². The van der Waals surface area contributed by atoms with Crippen LogP contribution < -0.4 is 10.5 Å². The Kier molecular flexibility index (Phi) is 4.04. The second kappa shape index (κ2) is 5.38. The largest absolute Gasteiger partial charge is 0.332 e. The summed E-state index contributed by atoms with van der Waals surface area (Å²) in [5.41, 5.74) is 5.94. The molecular weight excluding hydrogens is 252 g/mol. The average Bonchev–Trinajstić information content (AvgIpc) is 2.81. The maximum absolute atomic E-state index is 12.1. The van der Waals surface area contributed by atoms with E-state index < -0.39 is 10.0 Å². The molecule has 18 heavy (non-hydrogen) atoms. The van der Waals surface area contributed by atoms with Crippen LogP contribution in [0.25, 0.3) is 0 Å². The summed E-state index contributed by atoms with van der Waals surface area (Å²) in [6.07, 6.45) is 5.80. The van der Waals surface area contributed by atoms with Crippen molar-refractivity contribution in [2.24, 2.45) is 5.73 Å². The maximum atomic E-state index is 12.1. The first kappa shape index (κ1) is 13.5. The van der Waals surface area contributed by atoms with Gasteiger partial charge in [0.15, 0.2) is 5.03 Å². The second-order valence-corrected chi connectivity index (χ2v) is 6.41. The minimum Gasteiger partial charge on any atom is -0.332 e. The van der Waals surface area contributed by atoms with E-state index in [1.165, 1.54) is 6.20 Å². The van der Waals surface area contributed by atoms with E-state index >= 15 is 0 Å². The number of sulfonamides is 1. The summed E-state index contributed by atoms with van der Waals surface area (Å²) in [7, 11) is -3.53. The van der Waals surface area contributed by atoms with E-state index in [0.29, 0.717) is 12.2 Å². The molecule has 0 amide bonds. The highest BCUT2D eigenvalue weighted by atomic mass is 32.2. The Balaban J connectivity index is 2.11. The zero-order valence-electron chi connectivity index (χ0n) is 10.5. The van der Waals surface area contributed by atoms with E-state index in [2.05, 4.69) is 14.7 Å². The van der Waals surface area contributed by atoms with Crippen molar-refractivity contribution in [3.63, 3.8) is 0 Å². The van der Waals surface area contributed by atoms with E-state index in [9.17, 15) is 8.42 Å².